The van der Waals surface area contributed by atoms with E-state index in [1.54, 1.807) is 19.2 Å². The second kappa shape index (κ2) is 8.56. The Morgan fingerprint density at radius 1 is 1.15 bits per heavy atom. The highest BCUT2D eigenvalue weighted by Gasteiger charge is 2.10. The maximum absolute atomic E-state index is 12.2. The van der Waals surface area contributed by atoms with Gasteiger partial charge >= 0.3 is 0 Å². The number of halogens is 1. The number of methoxy groups -OCH3 is 1. The number of ether oxygens (including phenoxy) is 1. The van der Waals surface area contributed by atoms with Crippen LogP contribution in [0.3, 0.4) is 0 Å². The van der Waals surface area contributed by atoms with Crippen LogP contribution in [-0.4, -0.2) is 23.1 Å². The van der Waals surface area contributed by atoms with Gasteiger partial charge in [-0.3, -0.25) is 10.1 Å². The molecule has 0 saturated carbocycles. The number of thiazole rings is 1. The summed E-state index contributed by atoms with van der Waals surface area (Å²) in [4.78, 5) is 16.7. The third-order valence-electron chi connectivity index (χ3n) is 3.44. The average molecular weight is 495 g/mol. The molecule has 8 heteroatoms. The van der Waals surface area contributed by atoms with Crippen LogP contribution in [0.1, 0.15) is 10.4 Å². The molecule has 0 atom stereocenters. The Balaban J connectivity index is 1.62. The van der Waals surface area contributed by atoms with E-state index in [0.29, 0.717) is 10.7 Å². The molecule has 0 aliphatic rings. The summed E-state index contributed by atoms with van der Waals surface area (Å²) in [5.74, 6) is 0.535. The monoisotopic (exact) mass is 495 g/mol. The van der Waals surface area contributed by atoms with Gasteiger partial charge in [0.15, 0.2) is 10.2 Å². The van der Waals surface area contributed by atoms with Crippen molar-refractivity contribution < 1.29 is 9.53 Å². The quantitative estimate of drug-likeness (QED) is 0.411. The van der Waals surface area contributed by atoms with E-state index >= 15 is 0 Å². The molecule has 5 nitrogen and oxygen atoms in total. The van der Waals surface area contributed by atoms with Crippen LogP contribution in [0, 0.1) is 3.57 Å². The van der Waals surface area contributed by atoms with Gasteiger partial charge in [0.1, 0.15) is 5.75 Å². The van der Waals surface area contributed by atoms with Crippen LogP contribution < -0.4 is 15.4 Å². The van der Waals surface area contributed by atoms with E-state index in [4.69, 9.17) is 17.0 Å². The van der Waals surface area contributed by atoms with E-state index in [1.165, 1.54) is 11.3 Å². The Bertz CT molecular complexity index is 924. The highest BCUT2D eigenvalue weighted by atomic mass is 127. The van der Waals surface area contributed by atoms with Gasteiger partial charge in [-0.25, -0.2) is 4.98 Å². The van der Waals surface area contributed by atoms with Crippen molar-refractivity contribution in [1.29, 1.82) is 0 Å². The largest absolute Gasteiger partial charge is 0.497 e. The van der Waals surface area contributed by atoms with Crippen LogP contribution >= 0.6 is 46.1 Å². The van der Waals surface area contributed by atoms with Crippen molar-refractivity contribution >= 4 is 62.3 Å². The molecule has 0 unspecified atom stereocenters. The molecule has 0 aliphatic heterocycles. The van der Waals surface area contributed by atoms with Crippen molar-refractivity contribution in [3.8, 4) is 17.0 Å². The molecule has 26 heavy (non-hydrogen) atoms. The predicted octanol–water partition coefficient (Wildman–Crippen LogP) is 4.55. The molecule has 1 heterocycles. The number of nitrogens with one attached hydrogen (secondary N) is 2. The first-order valence-electron chi connectivity index (χ1n) is 7.53. The van der Waals surface area contributed by atoms with Crippen molar-refractivity contribution in [2.24, 2.45) is 0 Å². The van der Waals surface area contributed by atoms with Gasteiger partial charge in [-0.2, -0.15) is 0 Å². The molecular weight excluding hydrogens is 481 g/mol. The van der Waals surface area contributed by atoms with Gasteiger partial charge in [-0.05, 0) is 83.3 Å². The molecule has 0 spiro atoms. The van der Waals surface area contributed by atoms with Gasteiger partial charge in [-0.15, -0.1) is 11.3 Å². The molecule has 0 radical (unpaired) electrons. The third-order valence-corrected chi connectivity index (χ3v) is 5.12. The van der Waals surface area contributed by atoms with Crippen LogP contribution in [0.15, 0.2) is 53.9 Å². The Hall–Kier alpha value is -2.04. The summed E-state index contributed by atoms with van der Waals surface area (Å²) in [6, 6.07) is 14.9. The van der Waals surface area contributed by atoms with Crippen LogP contribution in [-0.2, 0) is 0 Å². The Morgan fingerprint density at radius 2 is 1.85 bits per heavy atom. The number of benzene rings is 2. The minimum Gasteiger partial charge on any atom is -0.497 e. The second-order valence-electron chi connectivity index (χ2n) is 5.18. The van der Waals surface area contributed by atoms with Crippen LogP contribution in [0.4, 0.5) is 5.13 Å². The fourth-order valence-corrected chi connectivity index (χ4v) is 3.47. The Kier molecular flexibility index (Phi) is 6.17. The molecule has 2 aromatic carbocycles. The summed E-state index contributed by atoms with van der Waals surface area (Å²) >= 11 is 8.80. The van der Waals surface area contributed by atoms with E-state index in [1.807, 2.05) is 41.8 Å². The first-order chi connectivity index (χ1) is 12.5. The highest BCUT2D eigenvalue weighted by molar-refractivity contribution is 14.1. The zero-order chi connectivity index (χ0) is 18.5. The molecule has 0 aliphatic carbocycles. The molecule has 3 rings (SSSR count). The molecule has 1 amide bonds. The smallest absolute Gasteiger partial charge is 0.257 e. The number of anilines is 1. The molecule has 132 valence electrons. The van der Waals surface area contributed by atoms with Crippen molar-refractivity contribution in [2.75, 3.05) is 12.4 Å². The van der Waals surface area contributed by atoms with Crippen molar-refractivity contribution in [3.63, 3.8) is 0 Å². The van der Waals surface area contributed by atoms with Gasteiger partial charge in [-0.1, -0.05) is 0 Å². The summed E-state index contributed by atoms with van der Waals surface area (Å²) in [5.41, 5.74) is 2.35. The molecule has 1 aromatic heterocycles. The minimum absolute atomic E-state index is 0.212. The number of hydrogen-bond donors (Lipinski definition) is 2. The van der Waals surface area contributed by atoms with Gasteiger partial charge in [0.2, 0.25) is 0 Å². The van der Waals surface area contributed by atoms with E-state index in [2.05, 4.69) is 38.2 Å². The Labute approximate surface area is 173 Å². The van der Waals surface area contributed by atoms with Gasteiger partial charge in [0, 0.05) is 20.1 Å². The first kappa shape index (κ1) is 18.7. The fourth-order valence-electron chi connectivity index (χ4n) is 2.13. The van der Waals surface area contributed by atoms with E-state index < -0.39 is 0 Å². The van der Waals surface area contributed by atoms with Gasteiger partial charge < -0.3 is 10.1 Å². The zero-order valence-electron chi connectivity index (χ0n) is 13.7. The second-order valence-corrected chi connectivity index (χ2v) is 7.69. The van der Waals surface area contributed by atoms with Gasteiger partial charge in [0.05, 0.1) is 12.8 Å². The standard InChI is InChI=1S/C18H14IN3O2S2/c1-24-14-8-4-11(5-9-14)15-10-26-18(20-15)22-17(25)21-16(23)12-2-6-13(19)7-3-12/h2-10H,1H3,(H2,20,21,22,23,25). The topological polar surface area (TPSA) is 63.2 Å². The first-order valence-corrected chi connectivity index (χ1v) is 9.89. The number of carbonyl (C=O) groups excluding carboxylic acids is 1. The summed E-state index contributed by atoms with van der Waals surface area (Å²) in [7, 11) is 1.63. The SMILES string of the molecule is COc1ccc(-c2csc(NC(=S)NC(=O)c3ccc(I)cc3)n2)cc1. The number of rotatable bonds is 4. The number of hydrogen-bond acceptors (Lipinski definition) is 5. The molecular formula is C18H14IN3O2S2. The maximum atomic E-state index is 12.2. The molecule has 0 saturated heterocycles. The lowest BCUT2D eigenvalue weighted by atomic mass is 10.2. The molecule has 2 N–H and O–H groups in total. The lowest BCUT2D eigenvalue weighted by Gasteiger charge is -2.07. The number of aromatic nitrogens is 1. The molecule has 0 fully saturated rings. The summed E-state index contributed by atoms with van der Waals surface area (Å²) in [6.07, 6.45) is 0. The van der Waals surface area contributed by atoms with Crippen molar-refractivity contribution in [1.82, 2.24) is 10.3 Å². The normalized spacial score (nSPS) is 10.2. The highest BCUT2D eigenvalue weighted by Crippen LogP contribution is 2.26. The average Bonchev–Trinajstić information content (AvgIpc) is 3.10. The molecule has 0 bridgehead atoms. The van der Waals surface area contributed by atoms with Crippen LogP contribution in [0.2, 0.25) is 0 Å². The van der Waals surface area contributed by atoms with Gasteiger partial charge in [0.25, 0.3) is 5.91 Å². The Morgan fingerprint density at radius 3 is 2.50 bits per heavy atom. The fraction of sp³-hybridized carbons (Fsp3) is 0.0556. The lowest BCUT2D eigenvalue weighted by Crippen LogP contribution is -2.34. The lowest BCUT2D eigenvalue weighted by molar-refractivity contribution is 0.0977. The summed E-state index contributed by atoms with van der Waals surface area (Å²) < 4.78 is 6.22. The van der Waals surface area contributed by atoms with E-state index in [0.717, 1.165) is 20.6 Å². The maximum Gasteiger partial charge on any atom is 0.257 e. The summed E-state index contributed by atoms with van der Waals surface area (Å²) in [6.45, 7) is 0. The number of amides is 1. The van der Waals surface area contributed by atoms with Crippen LogP contribution in [0.25, 0.3) is 11.3 Å². The molecule has 3 aromatic rings. The van der Waals surface area contributed by atoms with E-state index in [-0.39, 0.29) is 11.0 Å². The number of nitrogens with zero attached hydrogens (tertiary/aromatic N) is 1. The van der Waals surface area contributed by atoms with Crippen molar-refractivity contribution in [2.45, 2.75) is 0 Å². The zero-order valence-corrected chi connectivity index (χ0v) is 17.4. The number of thiocarbonyl (C=S) groups is 1. The summed E-state index contributed by atoms with van der Waals surface area (Å²) in [5, 5.41) is 8.36. The number of carbonyl (C=O) groups is 1. The van der Waals surface area contributed by atoms with Crippen LogP contribution in [0.5, 0.6) is 5.75 Å². The van der Waals surface area contributed by atoms with Crippen molar-refractivity contribution in [3.05, 3.63) is 63.0 Å². The minimum atomic E-state index is -0.258. The van der Waals surface area contributed by atoms with E-state index in [9.17, 15) is 4.79 Å². The predicted molar refractivity (Wildman–Crippen MR) is 117 cm³/mol. The third kappa shape index (κ3) is 4.77.